The predicted octanol–water partition coefficient (Wildman–Crippen LogP) is 6.05. The Kier molecular flexibility index (Phi) is 10.3. The summed E-state index contributed by atoms with van der Waals surface area (Å²) in [5, 5.41) is 36.1. The first kappa shape index (κ1) is 33.1. The van der Waals surface area contributed by atoms with E-state index in [2.05, 4.69) is 10.2 Å². The molecular formula is C34H32F2N4O6. The maximum Gasteiger partial charge on any atom is 0.307 e. The molecule has 0 saturated heterocycles. The molecule has 0 unspecified atom stereocenters. The Labute approximate surface area is 262 Å². The van der Waals surface area contributed by atoms with Gasteiger partial charge in [0, 0.05) is 6.20 Å². The smallest absolute Gasteiger partial charge is 0.307 e. The van der Waals surface area contributed by atoms with E-state index in [1.165, 1.54) is 18.3 Å². The number of hydrogen-bond acceptors (Lipinski definition) is 6. The standard InChI is InChI=1S/C17H15FN2O3.C16H13FN2O3.CH4/c1-23-13-4-2-11(3-5-13)10-20-16-7-12(8-17(21)22)6-15(18)14(16)9-19-20;17-14-5-11(7-16(21)22)6-15-13(14)9-19(18-15)8-10-1-3-12(20)4-2-10;/h2-7,9H,8,10H2,1H3,(H,21,22);1-6,9,20H,7-8H2,(H,21,22);1H4. The van der Waals surface area contributed by atoms with Crippen molar-refractivity contribution in [2.75, 3.05) is 7.11 Å². The number of methoxy groups -OCH3 is 1. The van der Waals surface area contributed by atoms with Crippen LogP contribution in [0, 0.1) is 11.6 Å². The Bertz CT molecular complexity index is 1990. The van der Waals surface area contributed by atoms with E-state index in [1.807, 2.05) is 24.3 Å². The van der Waals surface area contributed by atoms with Crippen LogP contribution in [0.5, 0.6) is 11.5 Å². The van der Waals surface area contributed by atoms with Crippen LogP contribution in [-0.2, 0) is 35.5 Å². The minimum absolute atomic E-state index is 0. The number of aromatic nitrogens is 4. The second kappa shape index (κ2) is 14.3. The van der Waals surface area contributed by atoms with E-state index in [0.717, 1.165) is 16.9 Å². The minimum atomic E-state index is -1.01. The number of aromatic hydroxyl groups is 1. The first-order valence-corrected chi connectivity index (χ1v) is 13.7. The molecule has 0 bridgehead atoms. The first-order valence-electron chi connectivity index (χ1n) is 13.7. The number of phenols is 1. The summed E-state index contributed by atoms with van der Waals surface area (Å²) in [4.78, 5) is 21.6. The van der Waals surface area contributed by atoms with Crippen LogP contribution in [0.2, 0.25) is 0 Å². The molecule has 6 aromatic rings. The Hall–Kier alpha value is -5.78. The number of carbonyl (C=O) groups is 2. The minimum Gasteiger partial charge on any atom is -0.508 e. The van der Waals surface area contributed by atoms with Crippen molar-refractivity contribution in [2.45, 2.75) is 33.4 Å². The van der Waals surface area contributed by atoms with E-state index in [1.54, 1.807) is 59.1 Å². The van der Waals surface area contributed by atoms with Gasteiger partial charge in [-0.1, -0.05) is 31.7 Å². The van der Waals surface area contributed by atoms with E-state index in [0.29, 0.717) is 46.0 Å². The number of phenolic OH excluding ortho intramolecular Hbond substituents is 1. The number of fused-ring (bicyclic) bond motifs is 2. The van der Waals surface area contributed by atoms with Gasteiger partial charge in [0.05, 0.1) is 61.0 Å². The highest BCUT2D eigenvalue weighted by atomic mass is 19.1. The largest absolute Gasteiger partial charge is 0.508 e. The van der Waals surface area contributed by atoms with Crippen molar-refractivity contribution < 1.29 is 38.4 Å². The van der Waals surface area contributed by atoms with Crippen molar-refractivity contribution >= 4 is 33.7 Å². The van der Waals surface area contributed by atoms with Crippen molar-refractivity contribution in [3.63, 3.8) is 0 Å². The van der Waals surface area contributed by atoms with Crippen molar-refractivity contribution in [1.29, 1.82) is 0 Å². The van der Waals surface area contributed by atoms with Gasteiger partial charge in [-0.25, -0.2) is 8.78 Å². The highest BCUT2D eigenvalue weighted by Crippen LogP contribution is 2.23. The third-order valence-corrected chi connectivity index (χ3v) is 6.94. The lowest BCUT2D eigenvalue weighted by atomic mass is 10.1. The second-order valence-electron chi connectivity index (χ2n) is 10.3. The lowest BCUT2D eigenvalue weighted by Gasteiger charge is -2.07. The molecule has 0 amide bonds. The molecule has 0 spiro atoms. The van der Waals surface area contributed by atoms with Gasteiger partial charge in [0.25, 0.3) is 0 Å². The Morgan fingerprint density at radius 1 is 0.783 bits per heavy atom. The van der Waals surface area contributed by atoms with Crippen molar-refractivity contribution in [3.8, 4) is 11.5 Å². The average molecular weight is 631 g/mol. The molecule has 2 aromatic heterocycles. The quantitative estimate of drug-likeness (QED) is 0.175. The third-order valence-electron chi connectivity index (χ3n) is 6.94. The maximum atomic E-state index is 14.1. The number of benzene rings is 4. The zero-order valence-electron chi connectivity index (χ0n) is 24.0. The number of carboxylic acid groups (broad SMARTS) is 2. The zero-order valence-corrected chi connectivity index (χ0v) is 24.0. The molecule has 0 aliphatic heterocycles. The van der Waals surface area contributed by atoms with Gasteiger partial charge in [-0.3, -0.25) is 19.0 Å². The SMILES string of the molecule is C.COc1ccc(Cn2ncc3c(F)cc(CC(=O)O)cc32)cc1.O=C(O)Cc1cc(F)c2cn(Cc3ccc(O)cc3)nc2c1. The molecule has 4 aromatic carbocycles. The number of ether oxygens (including phenoxy) is 1. The van der Waals surface area contributed by atoms with Crippen LogP contribution in [0.3, 0.4) is 0 Å². The number of carboxylic acids is 2. The van der Waals surface area contributed by atoms with Gasteiger partial charge in [0.2, 0.25) is 0 Å². The molecule has 0 fully saturated rings. The summed E-state index contributed by atoms with van der Waals surface area (Å²) >= 11 is 0. The van der Waals surface area contributed by atoms with Gasteiger partial charge in [-0.15, -0.1) is 0 Å². The van der Waals surface area contributed by atoms with E-state index in [9.17, 15) is 23.5 Å². The Morgan fingerprint density at radius 3 is 1.96 bits per heavy atom. The molecule has 12 heteroatoms. The zero-order chi connectivity index (χ0) is 32.1. The Balaban J connectivity index is 0.000000205. The molecule has 10 nitrogen and oxygen atoms in total. The molecule has 3 N–H and O–H groups in total. The van der Waals surface area contributed by atoms with Crippen LogP contribution >= 0.6 is 0 Å². The number of hydrogen-bond donors (Lipinski definition) is 3. The number of rotatable bonds is 9. The molecular weight excluding hydrogens is 598 g/mol. The molecule has 0 aliphatic carbocycles. The van der Waals surface area contributed by atoms with E-state index in [-0.39, 0.29) is 26.0 Å². The van der Waals surface area contributed by atoms with Gasteiger partial charge >= 0.3 is 11.9 Å². The van der Waals surface area contributed by atoms with E-state index in [4.69, 9.17) is 14.9 Å². The fraction of sp³-hybridized carbons (Fsp3) is 0.176. The summed E-state index contributed by atoms with van der Waals surface area (Å²) in [6.07, 6.45) is 2.58. The molecule has 0 atom stereocenters. The first-order chi connectivity index (χ1) is 21.6. The monoisotopic (exact) mass is 630 g/mol. The fourth-order valence-electron chi connectivity index (χ4n) is 4.83. The molecule has 0 aliphatic rings. The average Bonchev–Trinajstić information content (AvgIpc) is 3.59. The molecule has 6 rings (SSSR count). The summed E-state index contributed by atoms with van der Waals surface area (Å²) in [5.74, 6) is -2.01. The third kappa shape index (κ3) is 8.03. The summed E-state index contributed by atoms with van der Waals surface area (Å²) in [6.45, 7) is 0.895. The molecule has 2 heterocycles. The van der Waals surface area contributed by atoms with Crippen molar-refractivity contribution in [2.24, 2.45) is 0 Å². The van der Waals surface area contributed by atoms with Gasteiger partial charge in [0.15, 0.2) is 0 Å². The topological polar surface area (TPSA) is 140 Å². The summed E-state index contributed by atoms with van der Waals surface area (Å²) in [5.41, 5.74) is 3.70. The van der Waals surface area contributed by atoms with Gasteiger partial charge in [-0.05, 0) is 70.8 Å². The van der Waals surface area contributed by atoms with Gasteiger partial charge in [0.1, 0.15) is 23.1 Å². The fourth-order valence-corrected chi connectivity index (χ4v) is 4.83. The van der Waals surface area contributed by atoms with Gasteiger partial charge in [-0.2, -0.15) is 10.2 Å². The lowest BCUT2D eigenvalue weighted by Crippen LogP contribution is -2.04. The highest BCUT2D eigenvalue weighted by molar-refractivity contribution is 5.82. The molecule has 238 valence electrons. The van der Waals surface area contributed by atoms with Crippen LogP contribution in [-0.4, -0.2) is 53.9 Å². The van der Waals surface area contributed by atoms with Crippen LogP contribution in [0.4, 0.5) is 8.78 Å². The lowest BCUT2D eigenvalue weighted by molar-refractivity contribution is -0.137. The normalized spacial score (nSPS) is 10.7. The number of aliphatic carboxylic acids is 2. The van der Waals surface area contributed by atoms with Crippen molar-refractivity contribution in [1.82, 2.24) is 19.6 Å². The van der Waals surface area contributed by atoms with Crippen LogP contribution in [0.25, 0.3) is 21.8 Å². The molecule has 0 saturated carbocycles. The summed E-state index contributed by atoms with van der Waals surface area (Å²) in [6, 6.07) is 19.9. The van der Waals surface area contributed by atoms with E-state index >= 15 is 0 Å². The second-order valence-corrected chi connectivity index (χ2v) is 10.3. The predicted molar refractivity (Wildman–Crippen MR) is 168 cm³/mol. The maximum absolute atomic E-state index is 14.1. The van der Waals surface area contributed by atoms with E-state index < -0.39 is 23.6 Å². The van der Waals surface area contributed by atoms with Crippen LogP contribution in [0.1, 0.15) is 29.7 Å². The van der Waals surface area contributed by atoms with Gasteiger partial charge < -0.3 is 20.1 Å². The number of halogens is 2. The van der Waals surface area contributed by atoms with Crippen molar-refractivity contribution in [3.05, 3.63) is 119 Å². The highest BCUT2D eigenvalue weighted by Gasteiger charge is 2.13. The van der Waals surface area contributed by atoms with Crippen LogP contribution in [0.15, 0.2) is 85.2 Å². The summed E-state index contributed by atoms with van der Waals surface area (Å²) < 4.78 is 36.5. The molecule has 0 radical (unpaired) electrons. The summed E-state index contributed by atoms with van der Waals surface area (Å²) in [7, 11) is 1.60. The van der Waals surface area contributed by atoms with Crippen LogP contribution < -0.4 is 4.74 Å². The molecule has 46 heavy (non-hydrogen) atoms. The Morgan fingerprint density at radius 2 is 1.35 bits per heavy atom. The number of nitrogens with zero attached hydrogens (tertiary/aromatic N) is 4.